The number of hydrogen-bond donors (Lipinski definition) is 1. The number of carbonyl (C=O) groups is 1. The molecule has 0 aromatic carbocycles. The van der Waals surface area contributed by atoms with Crippen molar-refractivity contribution in [3.8, 4) is 0 Å². The number of hydrogen-bond acceptors (Lipinski definition) is 3. The van der Waals surface area contributed by atoms with Gasteiger partial charge in [-0.3, -0.25) is 4.79 Å². The Kier molecular flexibility index (Phi) is 4.94. The predicted octanol–water partition coefficient (Wildman–Crippen LogP) is 1.72. The topological polar surface area (TPSA) is 38.3 Å². The molecule has 2 atom stereocenters. The molecule has 0 aromatic rings. The molecule has 0 saturated heterocycles. The molecule has 3 nitrogen and oxygen atoms in total. The van der Waals surface area contributed by atoms with Crippen molar-refractivity contribution in [1.29, 1.82) is 0 Å². The van der Waals surface area contributed by atoms with Crippen molar-refractivity contribution >= 4 is 5.97 Å². The lowest BCUT2D eigenvalue weighted by atomic mass is 10.1. The maximum absolute atomic E-state index is 10.8. The van der Waals surface area contributed by atoms with Gasteiger partial charge in [-0.15, -0.1) is 0 Å². The Morgan fingerprint density at radius 2 is 2.29 bits per heavy atom. The Morgan fingerprint density at radius 3 is 2.86 bits per heavy atom. The van der Waals surface area contributed by atoms with E-state index in [2.05, 4.69) is 17.0 Å². The number of rotatable bonds is 5. The summed E-state index contributed by atoms with van der Waals surface area (Å²) in [4.78, 5) is 10.8. The lowest BCUT2D eigenvalue weighted by Gasteiger charge is -2.11. The summed E-state index contributed by atoms with van der Waals surface area (Å²) < 4.78 is 4.58. The quantitative estimate of drug-likeness (QED) is 0.685. The zero-order valence-electron chi connectivity index (χ0n) is 9.21. The van der Waals surface area contributed by atoms with E-state index < -0.39 is 0 Å². The maximum Gasteiger partial charge on any atom is 0.306 e. The molecular formula is C11H21NO2. The van der Waals surface area contributed by atoms with E-state index in [4.69, 9.17) is 0 Å². The molecule has 0 radical (unpaired) electrons. The summed E-state index contributed by atoms with van der Waals surface area (Å²) in [6.45, 7) is 3.01. The van der Waals surface area contributed by atoms with Crippen LogP contribution in [-0.4, -0.2) is 25.7 Å². The van der Waals surface area contributed by atoms with Crippen LogP contribution in [0, 0.1) is 5.92 Å². The summed E-state index contributed by atoms with van der Waals surface area (Å²) >= 11 is 0. The van der Waals surface area contributed by atoms with Gasteiger partial charge in [0.1, 0.15) is 0 Å². The number of methoxy groups -OCH3 is 1. The number of esters is 1. The highest BCUT2D eigenvalue weighted by molar-refractivity contribution is 5.69. The molecule has 0 aromatic heterocycles. The molecule has 0 aliphatic heterocycles. The van der Waals surface area contributed by atoms with Gasteiger partial charge in [-0.05, 0) is 25.2 Å². The van der Waals surface area contributed by atoms with Crippen LogP contribution >= 0.6 is 0 Å². The van der Waals surface area contributed by atoms with E-state index in [9.17, 15) is 4.79 Å². The molecule has 1 fully saturated rings. The van der Waals surface area contributed by atoms with Crippen molar-refractivity contribution in [2.75, 3.05) is 13.7 Å². The van der Waals surface area contributed by atoms with Crippen molar-refractivity contribution in [3.63, 3.8) is 0 Å². The monoisotopic (exact) mass is 199 g/mol. The molecule has 1 N–H and O–H groups in total. The van der Waals surface area contributed by atoms with Crippen LogP contribution in [0.15, 0.2) is 0 Å². The maximum atomic E-state index is 10.8. The summed E-state index contributed by atoms with van der Waals surface area (Å²) in [5, 5.41) is 3.41. The van der Waals surface area contributed by atoms with Gasteiger partial charge < -0.3 is 10.1 Å². The fourth-order valence-electron chi connectivity index (χ4n) is 2.11. The molecule has 0 spiro atoms. The van der Waals surface area contributed by atoms with Crippen LogP contribution in [0.4, 0.5) is 0 Å². The standard InChI is InChI=1S/C11H21NO2/c1-3-9-4-5-10(8-9)12-7-6-11(13)14-2/h9-10,12H,3-8H2,1-2H3. The molecule has 0 heterocycles. The van der Waals surface area contributed by atoms with Gasteiger partial charge in [-0.2, -0.15) is 0 Å². The van der Waals surface area contributed by atoms with Crippen molar-refractivity contribution in [3.05, 3.63) is 0 Å². The summed E-state index contributed by atoms with van der Waals surface area (Å²) in [7, 11) is 1.44. The van der Waals surface area contributed by atoms with Crippen molar-refractivity contribution in [2.45, 2.75) is 45.1 Å². The van der Waals surface area contributed by atoms with E-state index >= 15 is 0 Å². The molecule has 1 rings (SSSR count). The Balaban J connectivity index is 2.05. The molecular weight excluding hydrogens is 178 g/mol. The Labute approximate surface area is 86.2 Å². The van der Waals surface area contributed by atoms with Crippen molar-refractivity contribution in [2.24, 2.45) is 5.92 Å². The lowest BCUT2D eigenvalue weighted by molar-refractivity contribution is -0.140. The van der Waals surface area contributed by atoms with E-state index in [0.717, 1.165) is 12.5 Å². The third-order valence-corrected chi connectivity index (χ3v) is 3.11. The highest BCUT2D eigenvalue weighted by atomic mass is 16.5. The largest absolute Gasteiger partial charge is 0.469 e. The van der Waals surface area contributed by atoms with E-state index in [1.807, 2.05) is 0 Å². The van der Waals surface area contributed by atoms with Gasteiger partial charge in [0.2, 0.25) is 0 Å². The minimum Gasteiger partial charge on any atom is -0.469 e. The van der Waals surface area contributed by atoms with E-state index in [1.165, 1.54) is 32.8 Å². The zero-order chi connectivity index (χ0) is 10.4. The third kappa shape index (κ3) is 3.66. The van der Waals surface area contributed by atoms with E-state index in [0.29, 0.717) is 12.5 Å². The smallest absolute Gasteiger partial charge is 0.306 e. The van der Waals surface area contributed by atoms with Gasteiger partial charge in [-0.25, -0.2) is 0 Å². The highest BCUT2D eigenvalue weighted by Crippen LogP contribution is 2.27. The SMILES string of the molecule is CCC1CCC(NCCC(=O)OC)C1. The minimum absolute atomic E-state index is 0.123. The molecule has 2 unspecified atom stereocenters. The second-order valence-electron chi connectivity index (χ2n) is 4.06. The lowest BCUT2D eigenvalue weighted by Crippen LogP contribution is -2.28. The first-order valence-corrected chi connectivity index (χ1v) is 5.56. The van der Waals surface area contributed by atoms with Crippen LogP contribution in [0.1, 0.15) is 39.0 Å². The fraction of sp³-hybridized carbons (Fsp3) is 0.909. The Bertz CT molecular complexity index is 182. The average Bonchev–Trinajstić information content (AvgIpc) is 2.65. The van der Waals surface area contributed by atoms with E-state index in [1.54, 1.807) is 0 Å². The summed E-state index contributed by atoms with van der Waals surface area (Å²) in [6.07, 6.45) is 5.66. The Morgan fingerprint density at radius 1 is 1.50 bits per heavy atom. The first-order chi connectivity index (χ1) is 6.76. The van der Waals surface area contributed by atoms with Crippen LogP contribution in [0.2, 0.25) is 0 Å². The Hall–Kier alpha value is -0.570. The van der Waals surface area contributed by atoms with Gasteiger partial charge >= 0.3 is 5.97 Å². The number of carbonyl (C=O) groups excluding carboxylic acids is 1. The molecule has 1 saturated carbocycles. The molecule has 1 aliphatic carbocycles. The summed E-state index contributed by atoms with van der Waals surface area (Å²) in [5.74, 6) is 0.771. The van der Waals surface area contributed by atoms with Crippen LogP contribution < -0.4 is 5.32 Å². The molecule has 14 heavy (non-hydrogen) atoms. The van der Waals surface area contributed by atoms with Crippen molar-refractivity contribution < 1.29 is 9.53 Å². The third-order valence-electron chi connectivity index (χ3n) is 3.11. The normalized spacial score (nSPS) is 26.4. The van der Waals surface area contributed by atoms with Gasteiger partial charge in [0.25, 0.3) is 0 Å². The minimum atomic E-state index is -0.123. The zero-order valence-corrected chi connectivity index (χ0v) is 9.21. The molecule has 0 amide bonds. The molecule has 0 bridgehead atoms. The van der Waals surface area contributed by atoms with Gasteiger partial charge in [0.15, 0.2) is 0 Å². The molecule has 1 aliphatic rings. The number of ether oxygens (including phenoxy) is 1. The first kappa shape index (κ1) is 11.5. The van der Waals surface area contributed by atoms with Crippen molar-refractivity contribution in [1.82, 2.24) is 5.32 Å². The fourth-order valence-corrected chi connectivity index (χ4v) is 2.11. The van der Waals surface area contributed by atoms with Crippen LogP contribution in [0.3, 0.4) is 0 Å². The number of nitrogens with one attached hydrogen (secondary N) is 1. The van der Waals surface area contributed by atoms with Gasteiger partial charge in [0.05, 0.1) is 13.5 Å². The van der Waals surface area contributed by atoms with Crippen LogP contribution in [-0.2, 0) is 9.53 Å². The van der Waals surface area contributed by atoms with Crippen LogP contribution in [0.5, 0.6) is 0 Å². The van der Waals surface area contributed by atoms with Crippen LogP contribution in [0.25, 0.3) is 0 Å². The highest BCUT2D eigenvalue weighted by Gasteiger charge is 2.22. The second-order valence-corrected chi connectivity index (χ2v) is 4.06. The average molecular weight is 199 g/mol. The molecule has 3 heteroatoms. The second kappa shape index (κ2) is 6.02. The van der Waals surface area contributed by atoms with E-state index in [-0.39, 0.29) is 5.97 Å². The summed E-state index contributed by atoms with van der Waals surface area (Å²) in [6, 6.07) is 0.629. The summed E-state index contributed by atoms with van der Waals surface area (Å²) in [5.41, 5.74) is 0. The predicted molar refractivity (Wildman–Crippen MR) is 56.1 cm³/mol. The van der Waals surface area contributed by atoms with Gasteiger partial charge in [-0.1, -0.05) is 13.3 Å². The molecule has 82 valence electrons. The van der Waals surface area contributed by atoms with Gasteiger partial charge in [0, 0.05) is 12.6 Å². The first-order valence-electron chi connectivity index (χ1n) is 5.56.